The fourth-order valence-corrected chi connectivity index (χ4v) is 1.72. The topological polar surface area (TPSA) is 59.0 Å². The number of aliphatic carboxylic acids is 1. The van der Waals surface area contributed by atoms with E-state index < -0.39 is 5.97 Å². The summed E-state index contributed by atoms with van der Waals surface area (Å²) in [5.41, 5.74) is 0. The molecule has 2 atom stereocenters. The maximum atomic E-state index is 10.7. The predicted molar refractivity (Wildman–Crippen MR) is 54.9 cm³/mol. The van der Waals surface area contributed by atoms with Gasteiger partial charge in [0.25, 0.3) is 0 Å². The van der Waals surface area contributed by atoms with E-state index >= 15 is 0 Å². The number of carboxylic acid groups (broad SMARTS) is 1. The Morgan fingerprint density at radius 1 is 1.73 bits per heavy atom. The molecule has 0 bridgehead atoms. The molecular formula is C10H19NO4. The zero-order valence-corrected chi connectivity index (χ0v) is 9.31. The minimum Gasteiger partial charge on any atom is -0.481 e. The fraction of sp³-hybridized carbons (Fsp3) is 0.900. The summed E-state index contributed by atoms with van der Waals surface area (Å²) < 4.78 is 10.5. The van der Waals surface area contributed by atoms with Crippen molar-refractivity contribution < 1.29 is 19.4 Å². The molecule has 0 saturated carbocycles. The zero-order chi connectivity index (χ0) is 11.3. The van der Waals surface area contributed by atoms with Gasteiger partial charge in [0.2, 0.25) is 0 Å². The van der Waals surface area contributed by atoms with Crippen molar-refractivity contribution in [3.05, 3.63) is 0 Å². The van der Waals surface area contributed by atoms with Gasteiger partial charge in [-0.05, 0) is 6.92 Å². The van der Waals surface area contributed by atoms with Gasteiger partial charge in [-0.3, -0.25) is 9.69 Å². The Morgan fingerprint density at radius 3 is 3.07 bits per heavy atom. The van der Waals surface area contributed by atoms with Crippen molar-refractivity contribution in [3.63, 3.8) is 0 Å². The third-order valence-electron chi connectivity index (χ3n) is 2.65. The Morgan fingerprint density at radius 2 is 2.47 bits per heavy atom. The summed E-state index contributed by atoms with van der Waals surface area (Å²) in [4.78, 5) is 12.8. The van der Waals surface area contributed by atoms with Crippen LogP contribution in [-0.4, -0.2) is 61.5 Å². The molecule has 0 aliphatic carbocycles. The van der Waals surface area contributed by atoms with E-state index in [-0.39, 0.29) is 18.6 Å². The van der Waals surface area contributed by atoms with Gasteiger partial charge >= 0.3 is 5.97 Å². The van der Waals surface area contributed by atoms with Gasteiger partial charge in [-0.25, -0.2) is 0 Å². The number of morpholine rings is 1. The highest BCUT2D eigenvalue weighted by Crippen LogP contribution is 2.11. The first-order chi connectivity index (χ1) is 7.13. The van der Waals surface area contributed by atoms with Gasteiger partial charge in [0.1, 0.15) is 0 Å². The van der Waals surface area contributed by atoms with Crippen LogP contribution in [0.5, 0.6) is 0 Å². The first-order valence-electron chi connectivity index (χ1n) is 5.20. The van der Waals surface area contributed by atoms with Gasteiger partial charge in [-0.1, -0.05) is 0 Å². The SMILES string of the molecule is COC(C)CN1CCOCC1CC(=O)O. The summed E-state index contributed by atoms with van der Waals surface area (Å²) >= 11 is 0. The Balaban J connectivity index is 2.45. The monoisotopic (exact) mass is 217 g/mol. The Hall–Kier alpha value is -0.650. The summed E-state index contributed by atoms with van der Waals surface area (Å²) in [6, 6.07) is -0.0196. The fourth-order valence-electron chi connectivity index (χ4n) is 1.72. The zero-order valence-electron chi connectivity index (χ0n) is 9.31. The van der Waals surface area contributed by atoms with Gasteiger partial charge in [-0.15, -0.1) is 0 Å². The molecule has 0 aromatic carbocycles. The average Bonchev–Trinajstić information content (AvgIpc) is 2.20. The first kappa shape index (κ1) is 12.4. The van der Waals surface area contributed by atoms with Crippen molar-refractivity contribution in [1.82, 2.24) is 4.90 Å². The smallest absolute Gasteiger partial charge is 0.305 e. The molecule has 1 rings (SSSR count). The lowest BCUT2D eigenvalue weighted by Gasteiger charge is -2.35. The Kier molecular flexibility index (Phi) is 5.01. The second-order valence-corrected chi connectivity index (χ2v) is 3.87. The molecule has 2 unspecified atom stereocenters. The van der Waals surface area contributed by atoms with Gasteiger partial charge in [0, 0.05) is 26.2 Å². The summed E-state index contributed by atoms with van der Waals surface area (Å²) in [5.74, 6) is -0.777. The van der Waals surface area contributed by atoms with E-state index in [4.69, 9.17) is 14.6 Å². The van der Waals surface area contributed by atoms with E-state index in [1.165, 1.54) is 0 Å². The van der Waals surface area contributed by atoms with Crippen LogP contribution in [0.15, 0.2) is 0 Å². The van der Waals surface area contributed by atoms with Crippen molar-refractivity contribution in [1.29, 1.82) is 0 Å². The van der Waals surface area contributed by atoms with Gasteiger partial charge < -0.3 is 14.6 Å². The highest BCUT2D eigenvalue weighted by Gasteiger charge is 2.26. The summed E-state index contributed by atoms with van der Waals surface area (Å²) in [5, 5.41) is 8.76. The molecule has 0 spiro atoms. The molecule has 1 aliphatic rings. The van der Waals surface area contributed by atoms with E-state index in [0.717, 1.165) is 13.1 Å². The Labute approximate surface area is 90.0 Å². The number of nitrogens with zero attached hydrogens (tertiary/aromatic N) is 1. The van der Waals surface area contributed by atoms with E-state index in [2.05, 4.69) is 4.90 Å². The number of hydrogen-bond donors (Lipinski definition) is 1. The number of carbonyl (C=O) groups is 1. The van der Waals surface area contributed by atoms with Crippen LogP contribution < -0.4 is 0 Å². The standard InChI is InChI=1S/C10H19NO4/c1-8(14-2)6-11-3-4-15-7-9(11)5-10(12)13/h8-9H,3-7H2,1-2H3,(H,12,13). The van der Waals surface area contributed by atoms with Crippen LogP contribution in [0.3, 0.4) is 0 Å². The third kappa shape index (κ3) is 4.15. The van der Waals surface area contributed by atoms with Crippen LogP contribution in [0.25, 0.3) is 0 Å². The van der Waals surface area contributed by atoms with Crippen LogP contribution in [-0.2, 0) is 14.3 Å². The quantitative estimate of drug-likeness (QED) is 0.712. The van der Waals surface area contributed by atoms with Gasteiger partial charge in [0.15, 0.2) is 0 Å². The van der Waals surface area contributed by atoms with Gasteiger partial charge in [0.05, 0.1) is 25.7 Å². The molecule has 1 N–H and O–H groups in total. The minimum absolute atomic E-state index is 0.0196. The first-order valence-corrected chi connectivity index (χ1v) is 5.20. The summed E-state index contributed by atoms with van der Waals surface area (Å²) in [7, 11) is 1.66. The van der Waals surface area contributed by atoms with Crippen LogP contribution in [0.1, 0.15) is 13.3 Å². The summed E-state index contributed by atoms with van der Waals surface area (Å²) in [6.45, 7) is 4.70. The molecule has 5 heteroatoms. The van der Waals surface area contributed by atoms with E-state index in [0.29, 0.717) is 13.2 Å². The van der Waals surface area contributed by atoms with Crippen molar-refractivity contribution in [2.45, 2.75) is 25.5 Å². The normalized spacial score (nSPS) is 25.1. The van der Waals surface area contributed by atoms with Gasteiger partial charge in [-0.2, -0.15) is 0 Å². The van der Waals surface area contributed by atoms with Crippen molar-refractivity contribution in [2.75, 3.05) is 33.4 Å². The largest absolute Gasteiger partial charge is 0.481 e. The molecule has 0 amide bonds. The number of ether oxygens (including phenoxy) is 2. The molecule has 88 valence electrons. The number of rotatable bonds is 5. The number of carboxylic acids is 1. The lowest BCUT2D eigenvalue weighted by Crippen LogP contribution is -2.49. The molecule has 0 aromatic heterocycles. The molecule has 0 aromatic rings. The molecule has 0 radical (unpaired) electrons. The predicted octanol–water partition coefficient (Wildman–Crippen LogP) is 0.197. The minimum atomic E-state index is -0.777. The molecule has 1 fully saturated rings. The van der Waals surface area contributed by atoms with Crippen LogP contribution in [0, 0.1) is 0 Å². The van der Waals surface area contributed by atoms with Crippen LogP contribution >= 0.6 is 0 Å². The van der Waals surface area contributed by atoms with Crippen LogP contribution in [0.2, 0.25) is 0 Å². The second kappa shape index (κ2) is 6.05. The van der Waals surface area contributed by atoms with Crippen LogP contribution in [0.4, 0.5) is 0 Å². The molecule has 1 saturated heterocycles. The van der Waals surface area contributed by atoms with Crippen molar-refractivity contribution in [3.8, 4) is 0 Å². The second-order valence-electron chi connectivity index (χ2n) is 3.87. The lowest BCUT2D eigenvalue weighted by molar-refractivity contribution is -0.140. The molecule has 1 heterocycles. The van der Waals surface area contributed by atoms with Crippen molar-refractivity contribution in [2.24, 2.45) is 0 Å². The highest BCUT2D eigenvalue weighted by atomic mass is 16.5. The molecule has 15 heavy (non-hydrogen) atoms. The highest BCUT2D eigenvalue weighted by molar-refractivity contribution is 5.67. The maximum Gasteiger partial charge on any atom is 0.305 e. The maximum absolute atomic E-state index is 10.7. The summed E-state index contributed by atoms with van der Waals surface area (Å²) in [6.07, 6.45) is 0.260. The van der Waals surface area contributed by atoms with E-state index in [9.17, 15) is 4.79 Å². The van der Waals surface area contributed by atoms with E-state index in [1.807, 2.05) is 6.92 Å². The molecule has 1 aliphatic heterocycles. The average molecular weight is 217 g/mol. The third-order valence-corrected chi connectivity index (χ3v) is 2.65. The van der Waals surface area contributed by atoms with Crippen molar-refractivity contribution >= 4 is 5.97 Å². The number of hydrogen-bond acceptors (Lipinski definition) is 4. The Bertz CT molecular complexity index is 210. The molecule has 5 nitrogen and oxygen atoms in total. The van der Waals surface area contributed by atoms with E-state index in [1.54, 1.807) is 7.11 Å². The molecular weight excluding hydrogens is 198 g/mol. The lowest BCUT2D eigenvalue weighted by atomic mass is 10.1. The number of methoxy groups -OCH3 is 1.